The van der Waals surface area contributed by atoms with Crippen LogP contribution in [0, 0.1) is 0 Å². The van der Waals surface area contributed by atoms with Gasteiger partial charge >= 0.3 is 12.3 Å². The van der Waals surface area contributed by atoms with E-state index in [1.54, 1.807) is 36.3 Å². The Morgan fingerprint density at radius 1 is 1.26 bits per heavy atom. The van der Waals surface area contributed by atoms with Gasteiger partial charge in [0.25, 0.3) is 0 Å². The van der Waals surface area contributed by atoms with Crippen LogP contribution in [-0.2, 0) is 4.74 Å². The van der Waals surface area contributed by atoms with Crippen LogP contribution in [-0.4, -0.2) is 50.0 Å². The Balaban J connectivity index is 1.63. The monoisotopic (exact) mass is 500 g/mol. The molecule has 1 unspecified atom stereocenters. The molecule has 1 fully saturated rings. The van der Waals surface area contributed by atoms with Crippen LogP contribution in [0.15, 0.2) is 53.0 Å². The predicted octanol–water partition coefficient (Wildman–Crippen LogP) is 5.82. The smallest absolute Gasteiger partial charge is 0.426 e. The van der Waals surface area contributed by atoms with Crippen LogP contribution in [0.5, 0.6) is 5.75 Å². The van der Waals surface area contributed by atoms with Crippen LogP contribution in [0.4, 0.5) is 23.7 Å². The van der Waals surface area contributed by atoms with Gasteiger partial charge in [-0.15, -0.1) is 0 Å². The molecule has 0 aliphatic carbocycles. The lowest BCUT2D eigenvalue weighted by Gasteiger charge is -2.35. The van der Waals surface area contributed by atoms with Gasteiger partial charge in [-0.05, 0) is 67.3 Å². The van der Waals surface area contributed by atoms with Crippen molar-refractivity contribution in [1.82, 2.24) is 4.90 Å². The molecule has 168 valence electrons. The van der Waals surface area contributed by atoms with Gasteiger partial charge in [-0.2, -0.15) is 13.2 Å². The second kappa shape index (κ2) is 10.4. The van der Waals surface area contributed by atoms with E-state index in [1.165, 1.54) is 0 Å². The Kier molecular flexibility index (Phi) is 7.83. The number of ether oxygens (including phenoxy) is 2. The Labute approximate surface area is 187 Å². The number of halogens is 4. The average molecular weight is 501 g/mol. The maximum Gasteiger partial charge on any atom is 0.426 e. The number of rotatable bonds is 6. The Hall–Kier alpha value is -2.26. The third-order valence-electron chi connectivity index (χ3n) is 5.20. The number of methoxy groups -OCH3 is 1. The van der Waals surface area contributed by atoms with Crippen LogP contribution in [0.2, 0.25) is 0 Å². The first-order chi connectivity index (χ1) is 14.7. The fraction of sp³-hybridized carbons (Fsp3) is 0.409. The number of alkyl halides is 3. The molecule has 0 spiro atoms. The first-order valence-corrected chi connectivity index (χ1v) is 10.7. The van der Waals surface area contributed by atoms with Gasteiger partial charge in [0.1, 0.15) is 5.75 Å². The van der Waals surface area contributed by atoms with Gasteiger partial charge in [-0.25, -0.2) is 4.79 Å². The minimum Gasteiger partial charge on any atom is -0.497 e. The molecule has 3 rings (SSSR count). The van der Waals surface area contributed by atoms with E-state index in [9.17, 15) is 18.0 Å². The van der Waals surface area contributed by atoms with Crippen LogP contribution in [0.25, 0.3) is 0 Å². The molecular formula is C22H24BrF3N2O3. The highest BCUT2D eigenvalue weighted by atomic mass is 79.9. The fourth-order valence-corrected chi connectivity index (χ4v) is 3.91. The normalized spacial score (nSPS) is 18.3. The zero-order chi connectivity index (χ0) is 22.4. The van der Waals surface area contributed by atoms with E-state index in [4.69, 9.17) is 9.47 Å². The molecule has 1 amide bonds. The molecule has 0 aromatic heterocycles. The van der Waals surface area contributed by atoms with Crippen LogP contribution >= 0.6 is 15.9 Å². The number of nitrogens with zero attached hydrogens (tertiary/aromatic N) is 1. The van der Waals surface area contributed by atoms with Crippen molar-refractivity contribution in [1.29, 1.82) is 0 Å². The molecule has 1 aliphatic rings. The standard InChI is InChI=1S/C22H24BrF3N2O3/c1-30-19-6-2-4-15(12-19)16-5-3-11-28(13-16)14-20(22(24,25)26)31-21(29)27-18-9-7-17(23)8-10-18/h2,4,6-10,12,16,20H,3,5,11,13-14H2,1H3,(H,27,29)/t16-,20?/m1/s1. The summed E-state index contributed by atoms with van der Waals surface area (Å²) >= 11 is 3.26. The van der Waals surface area contributed by atoms with E-state index >= 15 is 0 Å². The van der Waals surface area contributed by atoms with E-state index < -0.39 is 24.9 Å². The lowest BCUT2D eigenvalue weighted by molar-refractivity contribution is -0.207. The van der Waals surface area contributed by atoms with Crippen molar-refractivity contribution in [3.8, 4) is 5.75 Å². The molecule has 0 bridgehead atoms. The van der Waals surface area contributed by atoms with Crippen molar-refractivity contribution in [3.63, 3.8) is 0 Å². The first kappa shape index (κ1) is 23.4. The zero-order valence-electron chi connectivity index (χ0n) is 17.0. The maximum absolute atomic E-state index is 13.6. The van der Waals surface area contributed by atoms with E-state index in [2.05, 4.69) is 21.2 Å². The minimum atomic E-state index is -4.67. The molecule has 1 N–H and O–H groups in total. The Morgan fingerprint density at radius 2 is 2.00 bits per heavy atom. The minimum absolute atomic E-state index is 0.0920. The number of carbonyl (C=O) groups is 1. The number of anilines is 1. The number of carbonyl (C=O) groups excluding carboxylic acids is 1. The van der Waals surface area contributed by atoms with E-state index in [0.717, 1.165) is 28.6 Å². The predicted molar refractivity (Wildman–Crippen MR) is 115 cm³/mol. The summed E-state index contributed by atoms with van der Waals surface area (Å²) in [6.07, 6.45) is -6.37. The fourth-order valence-electron chi connectivity index (χ4n) is 3.64. The summed E-state index contributed by atoms with van der Waals surface area (Å²) in [6, 6.07) is 14.1. The summed E-state index contributed by atoms with van der Waals surface area (Å²) in [6.45, 7) is 0.569. The maximum atomic E-state index is 13.6. The van der Waals surface area contributed by atoms with Gasteiger partial charge in [0.15, 0.2) is 0 Å². The summed E-state index contributed by atoms with van der Waals surface area (Å²) in [5, 5.41) is 2.34. The van der Waals surface area contributed by atoms with Crippen molar-refractivity contribution >= 4 is 27.7 Å². The summed E-state index contributed by atoms with van der Waals surface area (Å²) in [5.74, 6) is 0.810. The SMILES string of the molecule is COc1cccc([C@@H]2CCCN(CC(OC(=O)Nc3ccc(Br)cc3)C(F)(F)F)C2)c1. The summed E-state index contributed by atoms with van der Waals surface area (Å²) < 4.78 is 51.6. The van der Waals surface area contributed by atoms with E-state index in [1.807, 2.05) is 24.3 Å². The molecule has 2 atom stereocenters. The number of hydrogen-bond acceptors (Lipinski definition) is 4. The number of likely N-dealkylation sites (tertiary alicyclic amines) is 1. The molecule has 5 nitrogen and oxygen atoms in total. The van der Waals surface area contributed by atoms with Crippen molar-refractivity contribution in [2.24, 2.45) is 0 Å². The van der Waals surface area contributed by atoms with Crippen LogP contribution in [0.1, 0.15) is 24.3 Å². The Morgan fingerprint density at radius 3 is 2.68 bits per heavy atom. The number of piperidine rings is 1. The lowest BCUT2D eigenvalue weighted by atomic mass is 9.90. The lowest BCUT2D eigenvalue weighted by Crippen LogP contribution is -2.47. The van der Waals surface area contributed by atoms with Crippen molar-refractivity contribution in [2.75, 3.05) is 32.1 Å². The molecule has 1 heterocycles. The van der Waals surface area contributed by atoms with Gasteiger partial charge in [0.05, 0.1) is 7.11 Å². The second-order valence-electron chi connectivity index (χ2n) is 7.44. The molecule has 1 saturated heterocycles. The molecule has 2 aromatic carbocycles. The molecule has 1 aliphatic heterocycles. The molecule has 0 radical (unpaired) electrons. The van der Waals surface area contributed by atoms with Gasteiger partial charge in [-0.1, -0.05) is 28.1 Å². The van der Waals surface area contributed by atoms with E-state index in [-0.39, 0.29) is 5.92 Å². The van der Waals surface area contributed by atoms with Gasteiger partial charge in [0.2, 0.25) is 6.10 Å². The quantitative estimate of drug-likeness (QED) is 0.543. The zero-order valence-corrected chi connectivity index (χ0v) is 18.6. The third kappa shape index (κ3) is 6.87. The highest BCUT2D eigenvalue weighted by molar-refractivity contribution is 9.10. The van der Waals surface area contributed by atoms with Crippen LogP contribution in [0.3, 0.4) is 0 Å². The number of hydrogen-bond donors (Lipinski definition) is 1. The summed E-state index contributed by atoms with van der Waals surface area (Å²) in [4.78, 5) is 13.8. The topological polar surface area (TPSA) is 50.8 Å². The van der Waals surface area contributed by atoms with Crippen LogP contribution < -0.4 is 10.1 Å². The molecular weight excluding hydrogens is 477 g/mol. The molecule has 31 heavy (non-hydrogen) atoms. The average Bonchev–Trinajstić information content (AvgIpc) is 2.74. The van der Waals surface area contributed by atoms with E-state index in [0.29, 0.717) is 18.8 Å². The third-order valence-corrected chi connectivity index (χ3v) is 5.73. The number of nitrogens with one attached hydrogen (secondary N) is 1. The van der Waals surface area contributed by atoms with Crippen molar-refractivity contribution in [2.45, 2.75) is 31.0 Å². The molecule has 0 saturated carbocycles. The highest BCUT2D eigenvalue weighted by Crippen LogP contribution is 2.31. The first-order valence-electron chi connectivity index (χ1n) is 9.91. The second-order valence-corrected chi connectivity index (χ2v) is 8.36. The summed E-state index contributed by atoms with van der Waals surface area (Å²) in [7, 11) is 1.58. The molecule has 2 aromatic rings. The number of benzene rings is 2. The highest BCUT2D eigenvalue weighted by Gasteiger charge is 2.44. The molecule has 9 heteroatoms. The Bertz CT molecular complexity index is 877. The van der Waals surface area contributed by atoms with Gasteiger partial charge in [-0.3, -0.25) is 10.2 Å². The van der Waals surface area contributed by atoms with Gasteiger partial charge < -0.3 is 9.47 Å². The van der Waals surface area contributed by atoms with Crippen molar-refractivity contribution < 1.29 is 27.4 Å². The van der Waals surface area contributed by atoms with Gasteiger partial charge in [0, 0.05) is 23.2 Å². The van der Waals surface area contributed by atoms with Crippen molar-refractivity contribution in [3.05, 3.63) is 58.6 Å². The largest absolute Gasteiger partial charge is 0.497 e. The summed E-state index contributed by atoms with van der Waals surface area (Å²) in [5.41, 5.74) is 1.38. The number of amides is 1.